The first-order valence-corrected chi connectivity index (χ1v) is 13.0. The van der Waals surface area contributed by atoms with Crippen molar-refractivity contribution in [1.29, 1.82) is 0 Å². The van der Waals surface area contributed by atoms with E-state index in [1.54, 1.807) is 24.3 Å². The summed E-state index contributed by atoms with van der Waals surface area (Å²) in [6, 6.07) is 5.75. The number of carbonyl (C=O) groups excluding carboxylic acids is 6. The molecule has 1 fully saturated rings. The maximum absolute atomic E-state index is 13.0. The number of benzene rings is 1. The molecule has 13 nitrogen and oxygen atoms in total. The van der Waals surface area contributed by atoms with Crippen LogP contribution in [0.1, 0.15) is 47.1 Å². The number of carbonyl (C=O) groups is 6. The summed E-state index contributed by atoms with van der Waals surface area (Å²) >= 11 is 2.81. The minimum atomic E-state index is -1.61. The van der Waals surface area contributed by atoms with Crippen molar-refractivity contribution in [3.05, 3.63) is 29.8 Å². The zero-order valence-electron chi connectivity index (χ0n) is 23.2. The molecule has 40 heavy (non-hydrogen) atoms. The van der Waals surface area contributed by atoms with E-state index in [0.29, 0.717) is 5.69 Å². The third-order valence-electron chi connectivity index (χ3n) is 5.59. The molecular formula is C26H32N2O11Se. The van der Waals surface area contributed by atoms with E-state index >= 15 is 0 Å². The van der Waals surface area contributed by atoms with Gasteiger partial charge in [0, 0.05) is 0 Å². The first-order chi connectivity index (χ1) is 18.6. The van der Waals surface area contributed by atoms with Gasteiger partial charge in [-0.3, -0.25) is 0 Å². The Bertz CT molecular complexity index is 1170. The fraction of sp³-hybridized carbons (Fsp3) is 0.500. The number of aryl methyl sites for hydroxylation is 1. The Hall–Kier alpha value is -3.77. The molecule has 14 heteroatoms. The van der Waals surface area contributed by atoms with Gasteiger partial charge in [0.25, 0.3) is 0 Å². The summed E-state index contributed by atoms with van der Waals surface area (Å²) in [6.45, 7) is 8.05. The SMILES string of the molecule is CC(=O)OC[C@@H](OC(C)=O)[C@@H](OC(C)=O)[C@H](OC(C)=O)[C@@H]1[C@@H](OC(C)=O)N(c2ccc(C)cc2)C(=[Se])N1C(C)=O. The summed E-state index contributed by atoms with van der Waals surface area (Å²) in [4.78, 5) is 76.3. The fourth-order valence-electron chi connectivity index (χ4n) is 4.22. The van der Waals surface area contributed by atoms with Gasteiger partial charge in [0.05, 0.1) is 0 Å². The second kappa shape index (κ2) is 14.0. The summed E-state index contributed by atoms with van der Waals surface area (Å²) < 4.78 is 27.3. The van der Waals surface area contributed by atoms with Crippen LogP contribution in [0, 0.1) is 6.92 Å². The molecule has 0 unspecified atom stereocenters. The van der Waals surface area contributed by atoms with E-state index in [0.717, 1.165) is 40.2 Å². The third-order valence-corrected chi connectivity index (χ3v) is 6.42. The Morgan fingerprint density at radius 3 is 1.80 bits per heavy atom. The zero-order valence-corrected chi connectivity index (χ0v) is 24.9. The van der Waals surface area contributed by atoms with E-state index in [2.05, 4.69) is 15.6 Å². The van der Waals surface area contributed by atoms with E-state index in [1.807, 2.05) is 6.92 Å². The van der Waals surface area contributed by atoms with Crippen LogP contribution >= 0.6 is 0 Å². The van der Waals surface area contributed by atoms with Crippen molar-refractivity contribution in [2.45, 2.75) is 79.0 Å². The van der Waals surface area contributed by atoms with Gasteiger partial charge in [-0.2, -0.15) is 0 Å². The number of esters is 5. The number of anilines is 1. The first kappa shape index (κ1) is 32.4. The molecule has 0 aromatic heterocycles. The van der Waals surface area contributed by atoms with E-state index in [4.69, 9.17) is 23.7 Å². The van der Waals surface area contributed by atoms with Gasteiger partial charge >= 0.3 is 239 Å². The number of hydrogen-bond acceptors (Lipinski definition) is 12. The number of amides is 1. The predicted octanol–water partition coefficient (Wildman–Crippen LogP) is 0.535. The van der Waals surface area contributed by atoms with Crippen LogP contribution in [-0.4, -0.2) is 98.1 Å². The Kier molecular flexibility index (Phi) is 11.4. The molecule has 0 spiro atoms. The molecule has 1 aromatic rings. The van der Waals surface area contributed by atoms with Gasteiger partial charge in [0.1, 0.15) is 0 Å². The number of rotatable bonds is 10. The summed E-state index contributed by atoms with van der Waals surface area (Å²) in [5, 5.41) is 0. The van der Waals surface area contributed by atoms with Crippen molar-refractivity contribution in [2.75, 3.05) is 11.5 Å². The molecule has 0 radical (unpaired) electrons. The molecule has 0 N–H and O–H groups in total. The van der Waals surface area contributed by atoms with Gasteiger partial charge in [-0.1, -0.05) is 0 Å². The van der Waals surface area contributed by atoms with Crippen LogP contribution in [-0.2, 0) is 52.5 Å². The van der Waals surface area contributed by atoms with Gasteiger partial charge < -0.3 is 0 Å². The minimum absolute atomic E-state index is 0.190. The Labute approximate surface area is 239 Å². The Balaban J connectivity index is 2.81. The molecule has 0 aliphatic carbocycles. The van der Waals surface area contributed by atoms with Crippen molar-refractivity contribution in [3.63, 3.8) is 0 Å². The van der Waals surface area contributed by atoms with Gasteiger partial charge in [0.15, 0.2) is 0 Å². The first-order valence-electron chi connectivity index (χ1n) is 12.2. The Morgan fingerprint density at radius 2 is 1.35 bits per heavy atom. The van der Waals surface area contributed by atoms with Crippen LogP contribution in [0.25, 0.3) is 0 Å². The fourth-order valence-corrected chi connectivity index (χ4v) is 5.18. The van der Waals surface area contributed by atoms with E-state index in [1.165, 1.54) is 16.7 Å². The zero-order chi connectivity index (χ0) is 30.3. The molecule has 218 valence electrons. The van der Waals surface area contributed by atoms with Crippen LogP contribution in [0.5, 0.6) is 0 Å². The predicted molar refractivity (Wildman–Crippen MR) is 140 cm³/mol. The van der Waals surface area contributed by atoms with Crippen LogP contribution < -0.4 is 4.90 Å². The van der Waals surface area contributed by atoms with Crippen LogP contribution in [0.2, 0.25) is 0 Å². The molecule has 2 rings (SSSR count). The number of ether oxygens (including phenoxy) is 5. The molecule has 5 atom stereocenters. The summed E-state index contributed by atoms with van der Waals surface area (Å²) in [5.41, 5.74) is 1.46. The van der Waals surface area contributed by atoms with Gasteiger partial charge in [0.2, 0.25) is 0 Å². The van der Waals surface area contributed by atoms with Gasteiger partial charge in [-0.25, -0.2) is 0 Å². The molecule has 1 amide bonds. The third kappa shape index (κ3) is 8.36. The van der Waals surface area contributed by atoms with E-state index in [-0.39, 0.29) is 4.67 Å². The quantitative estimate of drug-likeness (QED) is 0.202. The second-order valence-electron chi connectivity index (χ2n) is 8.97. The maximum atomic E-state index is 13.0. The van der Waals surface area contributed by atoms with Crippen molar-refractivity contribution >= 4 is 61.7 Å². The Morgan fingerprint density at radius 1 is 0.800 bits per heavy atom. The van der Waals surface area contributed by atoms with E-state index in [9.17, 15) is 28.8 Å². The standard InChI is InChI=1S/C26H32N2O11Se/c1-13-8-10-20(11-9-13)28-25(39-19(7)34)22(27(14(2)29)26(28)40)24(38-18(6)33)23(37-17(5)32)21(36-16(4)31)12-35-15(3)30/h8-11,21-25H,12H2,1-7H3/t21-,22-,23-,24-,25-/m1/s1. The molecule has 1 heterocycles. The second-order valence-corrected chi connectivity index (χ2v) is 9.73. The van der Waals surface area contributed by atoms with Crippen LogP contribution in [0.4, 0.5) is 5.69 Å². The normalized spacial score (nSPS) is 18.7. The molecule has 0 bridgehead atoms. The molecule has 0 saturated carbocycles. The van der Waals surface area contributed by atoms with Gasteiger partial charge in [-0.05, 0) is 0 Å². The monoisotopic (exact) mass is 628 g/mol. The number of hydrogen-bond donors (Lipinski definition) is 0. The van der Waals surface area contributed by atoms with Crippen molar-refractivity contribution in [3.8, 4) is 0 Å². The van der Waals surface area contributed by atoms with Crippen LogP contribution in [0.3, 0.4) is 0 Å². The van der Waals surface area contributed by atoms with Crippen molar-refractivity contribution in [2.24, 2.45) is 0 Å². The summed E-state index contributed by atoms with van der Waals surface area (Å²) in [6.07, 6.45) is -5.98. The molecule has 1 aliphatic heterocycles. The summed E-state index contributed by atoms with van der Waals surface area (Å²) in [5.74, 6) is -4.53. The summed E-state index contributed by atoms with van der Waals surface area (Å²) in [7, 11) is 0. The van der Waals surface area contributed by atoms with Gasteiger partial charge in [-0.15, -0.1) is 0 Å². The average Bonchev–Trinajstić information content (AvgIpc) is 3.10. The molecular weight excluding hydrogens is 595 g/mol. The molecule has 1 saturated heterocycles. The average molecular weight is 628 g/mol. The molecule has 1 aromatic carbocycles. The van der Waals surface area contributed by atoms with E-state index < -0.39 is 72.9 Å². The van der Waals surface area contributed by atoms with Crippen molar-refractivity contribution < 1.29 is 52.5 Å². The topological polar surface area (TPSA) is 155 Å². The van der Waals surface area contributed by atoms with Crippen LogP contribution in [0.15, 0.2) is 24.3 Å². The number of nitrogens with zero attached hydrogens (tertiary/aromatic N) is 2. The van der Waals surface area contributed by atoms with Crippen molar-refractivity contribution in [1.82, 2.24) is 4.90 Å². The molecule has 1 aliphatic rings.